The first-order chi connectivity index (χ1) is 3.29. The third-order valence-corrected chi connectivity index (χ3v) is 0.926. The summed E-state index contributed by atoms with van der Waals surface area (Å²) in [6.45, 7) is 0. The fraction of sp³-hybridized carbons (Fsp3) is 0.200. The second-order valence-corrected chi connectivity index (χ2v) is 1.63. The van der Waals surface area contributed by atoms with E-state index in [2.05, 4.69) is 0 Å². The maximum absolute atomic E-state index is 5.35. The lowest BCUT2D eigenvalue weighted by Gasteiger charge is -1.81. The maximum Gasteiger partial charge on any atom is 0.0294 e. The quantitative estimate of drug-likeness (QED) is 0.448. The van der Waals surface area contributed by atoms with Gasteiger partial charge in [0, 0.05) is 17.8 Å². The fourth-order valence-corrected chi connectivity index (χ4v) is 0.568. The van der Waals surface area contributed by atoms with Gasteiger partial charge in [0.05, 0.1) is 0 Å². The molecule has 0 aromatic heterocycles. The molecule has 0 spiro atoms. The summed E-state index contributed by atoms with van der Waals surface area (Å²) < 4.78 is 0. The van der Waals surface area contributed by atoms with Crippen LogP contribution in [-0.4, -0.2) is 0 Å². The van der Waals surface area contributed by atoms with Crippen LogP contribution in [0.3, 0.4) is 0 Å². The van der Waals surface area contributed by atoms with Gasteiger partial charge in [-0.2, -0.15) is 0 Å². The minimum atomic E-state index is 0.789. The van der Waals surface area contributed by atoms with E-state index in [1.165, 1.54) is 0 Å². The Morgan fingerprint density at radius 3 is 2.29 bits per heavy atom. The first-order valence-electron chi connectivity index (χ1n) is 2.21. The molecule has 7 heavy (non-hydrogen) atoms. The second kappa shape index (κ2) is 1.30. The molecule has 38 valence electrons. The molecule has 0 bridgehead atoms. The predicted octanol–water partition coefficient (Wildman–Crippen LogP) is 0.0753. The number of rotatable bonds is 0. The molecule has 0 aromatic carbocycles. The van der Waals surface area contributed by atoms with Crippen LogP contribution in [0.4, 0.5) is 0 Å². The van der Waals surface area contributed by atoms with Crippen molar-refractivity contribution >= 4 is 0 Å². The van der Waals surface area contributed by atoms with Gasteiger partial charge in [0.1, 0.15) is 0 Å². The SMILES string of the molecule is NC1=CCC(N)=C1. The third kappa shape index (κ3) is 0.738. The predicted molar refractivity (Wildman–Crippen MR) is 29.2 cm³/mol. The molecule has 2 heteroatoms. The zero-order chi connectivity index (χ0) is 5.28. The monoisotopic (exact) mass is 96.1 g/mol. The van der Waals surface area contributed by atoms with Crippen molar-refractivity contribution in [3.05, 3.63) is 23.5 Å². The van der Waals surface area contributed by atoms with Crippen LogP contribution in [-0.2, 0) is 0 Å². The molecule has 0 unspecified atom stereocenters. The van der Waals surface area contributed by atoms with E-state index in [9.17, 15) is 0 Å². The van der Waals surface area contributed by atoms with Crippen molar-refractivity contribution in [3.8, 4) is 0 Å². The van der Waals surface area contributed by atoms with E-state index in [4.69, 9.17) is 11.5 Å². The van der Waals surface area contributed by atoms with Crippen molar-refractivity contribution in [2.45, 2.75) is 6.42 Å². The Morgan fingerprint density at radius 1 is 1.43 bits per heavy atom. The molecular weight excluding hydrogens is 88.1 g/mol. The number of hydrogen-bond donors (Lipinski definition) is 2. The van der Waals surface area contributed by atoms with Crippen LogP contribution in [0.5, 0.6) is 0 Å². The lowest BCUT2D eigenvalue weighted by molar-refractivity contribution is 1.20. The standard InChI is InChI=1S/C5H8N2/c6-4-1-2-5(7)3-4/h1,3H,2,6-7H2. The summed E-state index contributed by atoms with van der Waals surface area (Å²) in [7, 11) is 0. The fourth-order valence-electron chi connectivity index (χ4n) is 0.568. The van der Waals surface area contributed by atoms with Gasteiger partial charge in [-0.15, -0.1) is 0 Å². The van der Waals surface area contributed by atoms with Crippen molar-refractivity contribution in [2.75, 3.05) is 0 Å². The Morgan fingerprint density at radius 2 is 2.14 bits per heavy atom. The van der Waals surface area contributed by atoms with E-state index >= 15 is 0 Å². The van der Waals surface area contributed by atoms with E-state index in [-0.39, 0.29) is 0 Å². The summed E-state index contributed by atoms with van der Waals surface area (Å²) in [4.78, 5) is 0. The first kappa shape index (κ1) is 4.24. The molecule has 1 aliphatic carbocycles. The molecule has 0 saturated heterocycles. The van der Waals surface area contributed by atoms with Gasteiger partial charge in [-0.1, -0.05) is 6.08 Å². The topological polar surface area (TPSA) is 52.0 Å². The highest BCUT2D eigenvalue weighted by molar-refractivity contribution is 5.27. The molecule has 0 heterocycles. The van der Waals surface area contributed by atoms with E-state index in [0.717, 1.165) is 17.8 Å². The van der Waals surface area contributed by atoms with Crippen LogP contribution in [0, 0.1) is 0 Å². The highest BCUT2D eigenvalue weighted by Gasteiger charge is 1.95. The van der Waals surface area contributed by atoms with Crippen molar-refractivity contribution < 1.29 is 0 Å². The van der Waals surface area contributed by atoms with Crippen LogP contribution < -0.4 is 11.5 Å². The highest BCUT2D eigenvalue weighted by atomic mass is 14.6. The van der Waals surface area contributed by atoms with Crippen LogP contribution in [0.2, 0.25) is 0 Å². The van der Waals surface area contributed by atoms with Crippen LogP contribution >= 0.6 is 0 Å². The van der Waals surface area contributed by atoms with Gasteiger partial charge in [-0.25, -0.2) is 0 Å². The van der Waals surface area contributed by atoms with Crippen LogP contribution in [0.25, 0.3) is 0 Å². The second-order valence-electron chi connectivity index (χ2n) is 1.63. The van der Waals surface area contributed by atoms with Crippen molar-refractivity contribution in [3.63, 3.8) is 0 Å². The Labute approximate surface area is 42.5 Å². The third-order valence-electron chi connectivity index (χ3n) is 0.926. The lowest BCUT2D eigenvalue weighted by Crippen LogP contribution is -1.92. The molecule has 0 fully saturated rings. The Kier molecular flexibility index (Phi) is 0.785. The van der Waals surface area contributed by atoms with Gasteiger partial charge in [-0.05, 0) is 6.08 Å². The molecule has 0 saturated carbocycles. The lowest BCUT2D eigenvalue weighted by atomic mass is 10.4. The largest absolute Gasteiger partial charge is 0.402 e. The molecule has 0 atom stereocenters. The zero-order valence-electron chi connectivity index (χ0n) is 4.02. The highest BCUT2D eigenvalue weighted by Crippen LogP contribution is 2.06. The molecule has 0 aliphatic heterocycles. The summed E-state index contributed by atoms with van der Waals surface area (Å²) in [5.41, 5.74) is 12.3. The minimum absolute atomic E-state index is 0.789. The number of allylic oxidation sites excluding steroid dienone is 2. The van der Waals surface area contributed by atoms with Crippen LogP contribution in [0.1, 0.15) is 6.42 Å². The average Bonchev–Trinajstić information content (AvgIpc) is 1.87. The van der Waals surface area contributed by atoms with Gasteiger partial charge in [0.25, 0.3) is 0 Å². The zero-order valence-corrected chi connectivity index (χ0v) is 4.02. The minimum Gasteiger partial charge on any atom is -0.402 e. The number of hydrogen-bond acceptors (Lipinski definition) is 2. The Hall–Kier alpha value is -0.920. The maximum atomic E-state index is 5.35. The normalized spacial score (nSPS) is 18.9. The summed E-state index contributed by atoms with van der Waals surface area (Å²) in [5, 5.41) is 0. The summed E-state index contributed by atoms with van der Waals surface area (Å²) in [6, 6.07) is 0. The molecule has 0 radical (unpaired) electrons. The molecule has 1 aliphatic rings. The van der Waals surface area contributed by atoms with E-state index in [1.54, 1.807) is 6.08 Å². The first-order valence-corrected chi connectivity index (χ1v) is 2.21. The summed E-state index contributed by atoms with van der Waals surface area (Å²) in [6.07, 6.45) is 4.50. The van der Waals surface area contributed by atoms with Crippen molar-refractivity contribution in [1.29, 1.82) is 0 Å². The molecule has 1 rings (SSSR count). The smallest absolute Gasteiger partial charge is 0.0294 e. The number of nitrogens with two attached hydrogens (primary N) is 2. The van der Waals surface area contributed by atoms with Crippen molar-refractivity contribution in [1.82, 2.24) is 0 Å². The summed E-state index contributed by atoms with van der Waals surface area (Å²) in [5.74, 6) is 0. The van der Waals surface area contributed by atoms with Gasteiger partial charge in [-0.3, -0.25) is 0 Å². The Balaban J connectivity index is 2.69. The molecular formula is C5H8N2. The van der Waals surface area contributed by atoms with Crippen molar-refractivity contribution in [2.24, 2.45) is 11.5 Å². The molecule has 4 N–H and O–H groups in total. The molecule has 0 aromatic rings. The average molecular weight is 96.1 g/mol. The van der Waals surface area contributed by atoms with E-state index < -0.39 is 0 Å². The van der Waals surface area contributed by atoms with E-state index in [1.807, 2.05) is 6.08 Å². The Bertz CT molecular complexity index is 133. The van der Waals surface area contributed by atoms with Gasteiger partial charge < -0.3 is 11.5 Å². The van der Waals surface area contributed by atoms with Gasteiger partial charge >= 0.3 is 0 Å². The van der Waals surface area contributed by atoms with E-state index in [0.29, 0.717) is 0 Å². The van der Waals surface area contributed by atoms with Gasteiger partial charge in [0.2, 0.25) is 0 Å². The summed E-state index contributed by atoms with van der Waals surface area (Å²) >= 11 is 0. The molecule has 2 nitrogen and oxygen atoms in total. The van der Waals surface area contributed by atoms with Crippen LogP contribution in [0.15, 0.2) is 23.5 Å². The molecule has 0 amide bonds. The van der Waals surface area contributed by atoms with Gasteiger partial charge in [0.15, 0.2) is 0 Å².